The van der Waals surface area contributed by atoms with Crippen LogP contribution in [0.3, 0.4) is 0 Å². The van der Waals surface area contributed by atoms with Crippen LogP contribution in [0.25, 0.3) is 10.9 Å². The minimum Gasteiger partial charge on any atom is -0.340 e. The third kappa shape index (κ3) is 4.20. The largest absolute Gasteiger partial charge is 0.340 e. The van der Waals surface area contributed by atoms with Gasteiger partial charge < -0.3 is 9.88 Å². The van der Waals surface area contributed by atoms with Gasteiger partial charge in [0.25, 0.3) is 15.9 Å². The minimum atomic E-state index is -3.84. The Morgan fingerprint density at radius 2 is 1.81 bits per heavy atom. The maximum atomic E-state index is 12.8. The third-order valence-corrected chi connectivity index (χ3v) is 6.76. The zero-order chi connectivity index (χ0) is 22.2. The summed E-state index contributed by atoms with van der Waals surface area (Å²) in [5, 5.41) is 4.19. The van der Waals surface area contributed by atoms with Crippen LogP contribution in [0.15, 0.2) is 66.0 Å². The first-order valence-electron chi connectivity index (χ1n) is 8.90. The molecule has 4 rings (SSSR count). The molecule has 2 heterocycles. The van der Waals surface area contributed by atoms with E-state index in [4.69, 9.17) is 23.2 Å². The molecule has 0 atom stereocenters. The molecule has 0 aliphatic rings. The highest BCUT2D eigenvalue weighted by atomic mass is 35.5. The number of aryl methyl sites for hydroxylation is 1. The van der Waals surface area contributed by atoms with Crippen LogP contribution < -0.4 is 10.0 Å². The number of benzene rings is 2. The number of hydrogen-bond donors (Lipinski definition) is 2. The van der Waals surface area contributed by atoms with Gasteiger partial charge in [-0.1, -0.05) is 23.2 Å². The standard InChI is InChI=1S/C20H15Cl2N5O3S/c1-27-16-7-6-15(21)19(22)14(16)10-17(27)20(28)25-12-2-4-13(5-3-12)31(29,30)26-18-11-23-8-9-24-18/h2-11H,1H3,(H,24,26)(H,25,28). The van der Waals surface area contributed by atoms with Crippen molar-refractivity contribution in [1.29, 1.82) is 0 Å². The lowest BCUT2D eigenvalue weighted by molar-refractivity contribution is 0.101. The summed E-state index contributed by atoms with van der Waals surface area (Å²) in [5.74, 6) is -0.270. The number of nitrogens with one attached hydrogen (secondary N) is 2. The van der Waals surface area contributed by atoms with Gasteiger partial charge in [0, 0.05) is 36.0 Å². The van der Waals surface area contributed by atoms with Gasteiger partial charge in [-0.2, -0.15) is 0 Å². The van der Waals surface area contributed by atoms with Gasteiger partial charge in [-0.3, -0.25) is 14.5 Å². The Kier molecular flexibility index (Phi) is 5.57. The minimum absolute atomic E-state index is 0.0159. The van der Waals surface area contributed by atoms with Crippen LogP contribution in [-0.2, 0) is 17.1 Å². The molecule has 0 aliphatic carbocycles. The molecule has 0 radical (unpaired) electrons. The van der Waals surface area contributed by atoms with Crippen molar-refractivity contribution in [2.75, 3.05) is 10.0 Å². The van der Waals surface area contributed by atoms with Crippen molar-refractivity contribution in [3.8, 4) is 0 Å². The molecule has 0 spiro atoms. The molecule has 8 nitrogen and oxygen atoms in total. The second-order valence-electron chi connectivity index (χ2n) is 6.56. The normalized spacial score (nSPS) is 11.5. The number of amides is 1. The molecule has 31 heavy (non-hydrogen) atoms. The predicted molar refractivity (Wildman–Crippen MR) is 120 cm³/mol. The molecule has 2 aromatic carbocycles. The zero-order valence-corrected chi connectivity index (χ0v) is 18.3. The number of anilines is 2. The van der Waals surface area contributed by atoms with E-state index >= 15 is 0 Å². The van der Waals surface area contributed by atoms with E-state index < -0.39 is 10.0 Å². The summed E-state index contributed by atoms with van der Waals surface area (Å²) in [6, 6.07) is 10.9. The average molecular weight is 476 g/mol. The zero-order valence-electron chi connectivity index (χ0n) is 16.0. The molecule has 0 unspecified atom stereocenters. The lowest BCUT2D eigenvalue weighted by Gasteiger charge is -2.09. The van der Waals surface area contributed by atoms with E-state index in [1.165, 1.54) is 42.9 Å². The fraction of sp³-hybridized carbons (Fsp3) is 0.0500. The number of sulfonamides is 1. The summed E-state index contributed by atoms with van der Waals surface area (Å²) in [6.45, 7) is 0. The van der Waals surface area contributed by atoms with E-state index in [-0.39, 0.29) is 16.6 Å². The van der Waals surface area contributed by atoms with Gasteiger partial charge in [0.15, 0.2) is 5.82 Å². The van der Waals surface area contributed by atoms with Gasteiger partial charge in [-0.15, -0.1) is 0 Å². The highest BCUT2D eigenvalue weighted by Gasteiger charge is 2.18. The average Bonchev–Trinajstić information content (AvgIpc) is 3.09. The molecule has 11 heteroatoms. The highest BCUT2D eigenvalue weighted by molar-refractivity contribution is 7.92. The smallest absolute Gasteiger partial charge is 0.272 e. The molecule has 0 saturated carbocycles. The summed E-state index contributed by atoms with van der Waals surface area (Å²) in [4.78, 5) is 20.5. The number of nitrogens with zero attached hydrogens (tertiary/aromatic N) is 3. The number of rotatable bonds is 5. The van der Waals surface area contributed by atoms with E-state index in [1.807, 2.05) is 0 Å². The van der Waals surface area contributed by atoms with Crippen LogP contribution in [0.4, 0.5) is 11.5 Å². The van der Waals surface area contributed by atoms with E-state index in [0.29, 0.717) is 26.8 Å². The van der Waals surface area contributed by atoms with E-state index in [1.54, 1.807) is 29.8 Å². The Morgan fingerprint density at radius 1 is 1.06 bits per heavy atom. The number of carbonyl (C=O) groups excluding carboxylic acids is 1. The van der Waals surface area contributed by atoms with E-state index in [9.17, 15) is 13.2 Å². The summed E-state index contributed by atoms with van der Waals surface area (Å²) in [5.41, 5.74) is 1.56. The quantitative estimate of drug-likeness (QED) is 0.446. The lowest BCUT2D eigenvalue weighted by atomic mass is 10.2. The van der Waals surface area contributed by atoms with Crippen LogP contribution in [0, 0.1) is 0 Å². The van der Waals surface area contributed by atoms with Crippen molar-refractivity contribution in [3.05, 3.63) is 76.8 Å². The second-order valence-corrected chi connectivity index (χ2v) is 9.02. The molecule has 1 amide bonds. The van der Waals surface area contributed by atoms with Gasteiger partial charge in [0.2, 0.25) is 0 Å². The molecular weight excluding hydrogens is 461 g/mol. The molecule has 2 N–H and O–H groups in total. The molecule has 0 fully saturated rings. The second kappa shape index (κ2) is 8.18. The first-order chi connectivity index (χ1) is 14.8. The molecule has 0 saturated heterocycles. The third-order valence-electron chi connectivity index (χ3n) is 4.57. The Hall–Kier alpha value is -3.14. The van der Waals surface area contributed by atoms with Crippen molar-refractivity contribution in [1.82, 2.24) is 14.5 Å². The monoisotopic (exact) mass is 475 g/mol. The Balaban J connectivity index is 1.54. The van der Waals surface area contributed by atoms with Gasteiger partial charge >= 0.3 is 0 Å². The van der Waals surface area contributed by atoms with Crippen LogP contribution in [0.5, 0.6) is 0 Å². The van der Waals surface area contributed by atoms with Crippen LogP contribution in [0.2, 0.25) is 10.0 Å². The van der Waals surface area contributed by atoms with E-state index in [0.717, 1.165) is 5.52 Å². The first-order valence-corrected chi connectivity index (χ1v) is 11.1. The molecule has 2 aromatic heterocycles. The van der Waals surface area contributed by atoms with Crippen molar-refractivity contribution in [2.45, 2.75) is 4.90 Å². The van der Waals surface area contributed by atoms with Crippen LogP contribution >= 0.6 is 23.2 Å². The topological polar surface area (TPSA) is 106 Å². The SMILES string of the molecule is Cn1c(C(=O)Nc2ccc(S(=O)(=O)Nc3cnccn3)cc2)cc2c(Cl)c(Cl)ccc21. The summed E-state index contributed by atoms with van der Waals surface area (Å²) in [7, 11) is -2.09. The summed E-state index contributed by atoms with van der Waals surface area (Å²) >= 11 is 12.3. The molecule has 0 aliphatic heterocycles. The van der Waals surface area contributed by atoms with E-state index in [2.05, 4.69) is 20.0 Å². The van der Waals surface area contributed by atoms with Crippen LogP contribution in [-0.4, -0.2) is 28.9 Å². The molecule has 4 aromatic rings. The first kappa shape index (κ1) is 21.1. The molecular formula is C20H15Cl2N5O3S. The fourth-order valence-electron chi connectivity index (χ4n) is 3.03. The number of hydrogen-bond acceptors (Lipinski definition) is 5. The van der Waals surface area contributed by atoms with Gasteiger partial charge in [-0.25, -0.2) is 13.4 Å². The predicted octanol–water partition coefficient (Wildman–Crippen LogP) is 4.33. The number of aromatic nitrogens is 3. The van der Waals surface area contributed by atoms with Crippen molar-refractivity contribution < 1.29 is 13.2 Å². The van der Waals surface area contributed by atoms with Crippen molar-refractivity contribution in [2.24, 2.45) is 7.05 Å². The summed E-state index contributed by atoms with van der Waals surface area (Å²) < 4.78 is 29.0. The Morgan fingerprint density at radius 3 is 2.48 bits per heavy atom. The Labute approximate surface area is 187 Å². The van der Waals surface area contributed by atoms with Gasteiger partial charge in [0.05, 0.1) is 21.1 Å². The lowest BCUT2D eigenvalue weighted by Crippen LogP contribution is -2.16. The van der Waals surface area contributed by atoms with Crippen LogP contribution in [0.1, 0.15) is 10.5 Å². The number of carbonyl (C=O) groups is 1. The summed E-state index contributed by atoms with van der Waals surface area (Å²) in [6.07, 6.45) is 4.12. The maximum absolute atomic E-state index is 12.8. The van der Waals surface area contributed by atoms with Gasteiger partial charge in [0.1, 0.15) is 5.69 Å². The van der Waals surface area contributed by atoms with Gasteiger partial charge in [-0.05, 0) is 42.5 Å². The number of fused-ring (bicyclic) bond motifs is 1. The fourth-order valence-corrected chi connectivity index (χ4v) is 4.40. The number of halogens is 2. The Bertz CT molecular complexity index is 1390. The van der Waals surface area contributed by atoms with Crippen molar-refractivity contribution in [3.63, 3.8) is 0 Å². The maximum Gasteiger partial charge on any atom is 0.272 e. The molecule has 0 bridgehead atoms. The molecule has 158 valence electrons. The highest BCUT2D eigenvalue weighted by Crippen LogP contribution is 2.32. The van der Waals surface area contributed by atoms with Crippen molar-refractivity contribution >= 4 is 61.5 Å².